The van der Waals surface area contributed by atoms with Gasteiger partial charge in [0.05, 0.1) is 24.2 Å². The van der Waals surface area contributed by atoms with E-state index in [1.807, 2.05) is 71.0 Å². The number of allylic oxidation sites excluding steroid dienone is 2. The van der Waals surface area contributed by atoms with Crippen molar-refractivity contribution in [2.45, 2.75) is 118 Å². The number of Topliss-reactive ketones (excluding diaryl/α,β-unsaturated/α-hetero) is 1. The molecule has 1 fully saturated rings. The predicted molar refractivity (Wildman–Crippen MR) is 180 cm³/mol. The molecule has 1 aliphatic rings. The molecule has 1 aromatic carbocycles. The molecule has 2 amide bonds. The van der Waals surface area contributed by atoms with Crippen LogP contribution in [0.1, 0.15) is 80.7 Å². The Labute approximate surface area is 267 Å². The summed E-state index contributed by atoms with van der Waals surface area (Å²) in [7, 11) is -2.13. The molecule has 0 spiro atoms. The van der Waals surface area contributed by atoms with Gasteiger partial charge in [0.15, 0.2) is 8.32 Å². The minimum atomic E-state index is -2.13. The molecule has 1 N–H and O–H groups in total. The van der Waals surface area contributed by atoms with E-state index in [1.54, 1.807) is 6.92 Å². The molecule has 0 aromatic heterocycles. The van der Waals surface area contributed by atoms with E-state index in [0.29, 0.717) is 12.8 Å². The largest absolute Gasteiger partial charge is 0.447 e. The number of ether oxygens (including phenoxy) is 1. The Morgan fingerprint density at radius 2 is 1.73 bits per heavy atom. The first-order chi connectivity index (χ1) is 20.3. The van der Waals surface area contributed by atoms with Crippen LogP contribution >= 0.6 is 0 Å². The number of amides is 2. The highest BCUT2D eigenvalue weighted by molar-refractivity contribution is 6.74. The summed E-state index contributed by atoms with van der Waals surface area (Å²) in [5.74, 6) is -2.10. The Kier molecular flexibility index (Phi) is 13.4. The number of rotatable bonds is 15. The number of aliphatic hydroxyl groups is 1. The smallest absolute Gasteiger partial charge is 0.416 e. The van der Waals surface area contributed by atoms with Gasteiger partial charge >= 0.3 is 6.09 Å². The molecule has 0 saturated carbocycles. The van der Waals surface area contributed by atoms with Crippen molar-refractivity contribution < 1.29 is 28.7 Å². The molecule has 0 bridgehead atoms. The monoisotopic (exact) mass is 627 g/mol. The lowest BCUT2D eigenvalue weighted by atomic mass is 9.84. The third-order valence-electron chi connectivity index (χ3n) is 9.61. The molecule has 0 aliphatic carbocycles. The van der Waals surface area contributed by atoms with Crippen molar-refractivity contribution in [1.29, 1.82) is 0 Å². The molecule has 2 rings (SSSR count). The molecule has 1 heterocycles. The summed E-state index contributed by atoms with van der Waals surface area (Å²) < 4.78 is 11.9. The second-order valence-electron chi connectivity index (χ2n) is 14.4. The quantitative estimate of drug-likeness (QED) is 0.158. The van der Waals surface area contributed by atoms with Crippen LogP contribution in [0.5, 0.6) is 0 Å². The molecule has 1 aromatic rings. The van der Waals surface area contributed by atoms with E-state index in [-0.39, 0.29) is 41.3 Å². The van der Waals surface area contributed by atoms with Crippen LogP contribution in [0.15, 0.2) is 54.1 Å². The SMILES string of the molecule is C=C(CC)[C@@H](O[Si](C)(C)C(C)(C)C)[C@H](C)C(=O)[C@H](C)/C=C(\C)C[C@H](C)[C@@H](O)[C@H](C)C(=O)N1C(=O)OC[C@@H]1Cc1ccccc1. The van der Waals surface area contributed by atoms with Crippen molar-refractivity contribution in [3.63, 3.8) is 0 Å². The van der Waals surface area contributed by atoms with Gasteiger partial charge < -0.3 is 14.3 Å². The molecule has 0 unspecified atom stereocenters. The Balaban J connectivity index is 2.08. The Morgan fingerprint density at radius 3 is 2.27 bits per heavy atom. The third kappa shape index (κ3) is 9.48. The number of imide groups is 1. The lowest BCUT2D eigenvalue weighted by molar-refractivity contribution is -0.137. The van der Waals surface area contributed by atoms with Crippen molar-refractivity contribution in [3.05, 3.63) is 59.7 Å². The first kappa shape index (κ1) is 37.6. The molecule has 7 nitrogen and oxygen atoms in total. The lowest BCUT2D eigenvalue weighted by Gasteiger charge is -2.41. The fourth-order valence-electron chi connectivity index (χ4n) is 5.63. The molecule has 7 atom stereocenters. The minimum absolute atomic E-state index is 0.0114. The summed E-state index contributed by atoms with van der Waals surface area (Å²) in [6.45, 7) is 26.7. The summed E-state index contributed by atoms with van der Waals surface area (Å²) in [5.41, 5.74) is 2.90. The first-order valence-corrected chi connectivity index (χ1v) is 19.0. The van der Waals surface area contributed by atoms with Crippen LogP contribution in [0.25, 0.3) is 0 Å². The molecule has 44 heavy (non-hydrogen) atoms. The van der Waals surface area contributed by atoms with Gasteiger partial charge in [-0.15, -0.1) is 0 Å². The van der Waals surface area contributed by atoms with Gasteiger partial charge in [0.2, 0.25) is 5.91 Å². The van der Waals surface area contributed by atoms with Crippen LogP contribution in [-0.4, -0.2) is 61.0 Å². The fraction of sp³-hybridized carbons (Fsp3) is 0.639. The highest BCUT2D eigenvalue weighted by Gasteiger charge is 2.43. The number of ketones is 1. The summed E-state index contributed by atoms with van der Waals surface area (Å²) >= 11 is 0. The topological polar surface area (TPSA) is 93.1 Å². The number of hydrogen-bond donors (Lipinski definition) is 1. The number of hydrogen-bond acceptors (Lipinski definition) is 6. The van der Waals surface area contributed by atoms with Gasteiger partial charge in [0.1, 0.15) is 12.4 Å². The van der Waals surface area contributed by atoms with Crippen LogP contribution < -0.4 is 0 Å². The van der Waals surface area contributed by atoms with Gasteiger partial charge in [-0.1, -0.05) is 104 Å². The summed E-state index contributed by atoms with van der Waals surface area (Å²) in [4.78, 5) is 40.7. The number of nitrogens with zero attached hydrogens (tertiary/aromatic N) is 1. The highest BCUT2D eigenvalue weighted by atomic mass is 28.4. The van der Waals surface area contributed by atoms with Crippen LogP contribution in [-0.2, 0) is 25.2 Å². The molecular weight excluding hydrogens is 570 g/mol. The Hall–Kier alpha value is -2.55. The van der Waals surface area contributed by atoms with Gasteiger partial charge in [0, 0.05) is 11.8 Å². The van der Waals surface area contributed by atoms with E-state index in [1.165, 1.54) is 4.90 Å². The average Bonchev–Trinajstić information content (AvgIpc) is 3.32. The summed E-state index contributed by atoms with van der Waals surface area (Å²) in [5, 5.41) is 11.2. The normalized spacial score (nSPS) is 20.4. The van der Waals surface area contributed by atoms with Gasteiger partial charge in [-0.05, 0) is 61.4 Å². The second kappa shape index (κ2) is 15.6. The van der Waals surface area contributed by atoms with E-state index >= 15 is 0 Å². The zero-order valence-electron chi connectivity index (χ0n) is 29.0. The fourth-order valence-corrected chi connectivity index (χ4v) is 6.99. The maximum Gasteiger partial charge on any atom is 0.416 e. The first-order valence-electron chi connectivity index (χ1n) is 16.1. The molecule has 1 aliphatic heterocycles. The standard InChI is InChI=1S/C36H57NO6Si/c1-13-24(3)33(43-44(11,12)36(8,9)10)27(6)31(38)25(4)19-23(2)20-26(5)32(39)28(7)34(40)37-30(22-42-35(37)41)21-29-17-15-14-16-18-29/h14-19,25-28,30,32-33,39H,3,13,20-22H2,1-2,4-12H3/b23-19+/t25-,26+,27-,28+,30+,32-,33-/m1/s1. The molecule has 246 valence electrons. The summed E-state index contributed by atoms with van der Waals surface area (Å²) in [6.07, 6.45) is 1.73. The maximum atomic E-state index is 13.6. The molecular formula is C36H57NO6Si. The van der Waals surface area contributed by atoms with E-state index in [0.717, 1.165) is 23.1 Å². The van der Waals surface area contributed by atoms with Gasteiger partial charge in [-0.25, -0.2) is 9.69 Å². The van der Waals surface area contributed by atoms with E-state index in [2.05, 4.69) is 40.4 Å². The molecule has 8 heteroatoms. The summed E-state index contributed by atoms with van der Waals surface area (Å²) in [6, 6.07) is 9.25. The van der Waals surface area contributed by atoms with Crippen LogP contribution in [0, 0.1) is 23.7 Å². The highest BCUT2D eigenvalue weighted by Crippen LogP contribution is 2.39. The zero-order chi connectivity index (χ0) is 33.6. The average molecular weight is 628 g/mol. The lowest BCUT2D eigenvalue weighted by Crippen LogP contribution is -2.47. The maximum absolute atomic E-state index is 13.6. The van der Waals surface area contributed by atoms with E-state index in [4.69, 9.17) is 9.16 Å². The van der Waals surface area contributed by atoms with Gasteiger partial charge in [0.25, 0.3) is 0 Å². The van der Waals surface area contributed by atoms with E-state index < -0.39 is 38.4 Å². The zero-order valence-corrected chi connectivity index (χ0v) is 30.0. The van der Waals surface area contributed by atoms with Crippen molar-refractivity contribution in [2.75, 3.05) is 6.61 Å². The predicted octanol–water partition coefficient (Wildman–Crippen LogP) is 7.74. The Morgan fingerprint density at radius 1 is 1.14 bits per heavy atom. The van der Waals surface area contributed by atoms with Crippen molar-refractivity contribution in [3.8, 4) is 0 Å². The van der Waals surface area contributed by atoms with Crippen LogP contribution in [0.3, 0.4) is 0 Å². The van der Waals surface area contributed by atoms with E-state index in [9.17, 15) is 19.5 Å². The number of cyclic esters (lactones) is 1. The molecule has 0 radical (unpaired) electrons. The van der Waals surface area contributed by atoms with Crippen LogP contribution in [0.4, 0.5) is 4.79 Å². The van der Waals surface area contributed by atoms with Gasteiger partial charge in [-0.2, -0.15) is 0 Å². The number of carbonyl (C=O) groups excluding carboxylic acids is 3. The van der Waals surface area contributed by atoms with Gasteiger partial charge in [-0.3, -0.25) is 9.59 Å². The van der Waals surface area contributed by atoms with Crippen molar-refractivity contribution >= 4 is 26.1 Å². The van der Waals surface area contributed by atoms with Crippen molar-refractivity contribution in [1.82, 2.24) is 4.90 Å². The minimum Gasteiger partial charge on any atom is -0.447 e. The number of carbonyl (C=O) groups is 3. The number of benzene rings is 1. The second-order valence-corrected chi connectivity index (χ2v) is 19.1. The van der Waals surface area contributed by atoms with Crippen LogP contribution in [0.2, 0.25) is 18.1 Å². The molecule has 1 saturated heterocycles. The number of aliphatic hydroxyl groups excluding tert-OH is 1. The van der Waals surface area contributed by atoms with Crippen molar-refractivity contribution in [2.24, 2.45) is 23.7 Å². The Bertz CT molecular complexity index is 1190. The third-order valence-corrected chi connectivity index (χ3v) is 14.1.